The van der Waals surface area contributed by atoms with Crippen molar-refractivity contribution >= 4 is 5.91 Å². The summed E-state index contributed by atoms with van der Waals surface area (Å²) in [5.74, 6) is 1.42. The maximum absolute atomic E-state index is 12.3. The molecule has 1 aliphatic heterocycles. The van der Waals surface area contributed by atoms with Gasteiger partial charge in [0.05, 0.1) is 12.8 Å². The Balaban J connectivity index is 1.28. The summed E-state index contributed by atoms with van der Waals surface area (Å²) in [5.41, 5.74) is 2.98. The molecule has 0 spiro atoms. The summed E-state index contributed by atoms with van der Waals surface area (Å²) in [7, 11) is 0. The Morgan fingerprint density at radius 1 is 1.14 bits per heavy atom. The zero-order valence-corrected chi connectivity index (χ0v) is 16.1. The van der Waals surface area contributed by atoms with E-state index in [1.165, 1.54) is 5.56 Å². The number of hydrogen-bond acceptors (Lipinski definition) is 6. The number of hydrogen-bond donors (Lipinski definition) is 1. The lowest BCUT2D eigenvalue weighted by molar-refractivity contribution is 0.0877. The van der Waals surface area contributed by atoms with Crippen molar-refractivity contribution in [2.75, 3.05) is 13.1 Å². The van der Waals surface area contributed by atoms with E-state index in [9.17, 15) is 4.79 Å². The number of aromatic nitrogens is 2. The second kappa shape index (κ2) is 7.98. The third kappa shape index (κ3) is 4.14. The van der Waals surface area contributed by atoms with Crippen molar-refractivity contribution in [2.24, 2.45) is 0 Å². The molecule has 7 nitrogen and oxygen atoms in total. The quantitative estimate of drug-likeness (QED) is 0.731. The lowest BCUT2D eigenvalue weighted by atomic mass is 10.0. The maximum Gasteiger partial charge on any atom is 0.287 e. The lowest BCUT2D eigenvalue weighted by Gasteiger charge is -2.31. The first-order valence-electron chi connectivity index (χ1n) is 9.55. The third-order valence-corrected chi connectivity index (χ3v) is 5.12. The fourth-order valence-corrected chi connectivity index (χ4v) is 3.41. The van der Waals surface area contributed by atoms with Crippen molar-refractivity contribution in [1.82, 2.24) is 20.4 Å². The third-order valence-electron chi connectivity index (χ3n) is 5.12. The molecular formula is C21H24N4O3. The molecule has 4 rings (SSSR count). The first-order valence-corrected chi connectivity index (χ1v) is 9.55. The van der Waals surface area contributed by atoms with Crippen LogP contribution in [0.2, 0.25) is 0 Å². The number of amides is 1. The second-order valence-corrected chi connectivity index (χ2v) is 7.32. The molecule has 1 fully saturated rings. The minimum Gasteiger partial charge on any atom is -0.459 e. The number of piperidine rings is 1. The van der Waals surface area contributed by atoms with Crippen LogP contribution >= 0.6 is 0 Å². The van der Waals surface area contributed by atoms with Crippen molar-refractivity contribution in [3.05, 3.63) is 59.4 Å². The Morgan fingerprint density at radius 2 is 1.89 bits per heavy atom. The fraction of sp³-hybridized carbons (Fsp3) is 0.381. The van der Waals surface area contributed by atoms with Crippen LogP contribution in [-0.4, -0.2) is 40.1 Å². The van der Waals surface area contributed by atoms with Crippen LogP contribution in [0.25, 0.3) is 11.5 Å². The molecule has 7 heteroatoms. The van der Waals surface area contributed by atoms with Crippen molar-refractivity contribution in [2.45, 2.75) is 39.3 Å². The Kier molecular flexibility index (Phi) is 5.25. The Morgan fingerprint density at radius 3 is 2.57 bits per heavy atom. The van der Waals surface area contributed by atoms with Gasteiger partial charge in [-0.25, -0.2) is 0 Å². The second-order valence-electron chi connectivity index (χ2n) is 7.32. The van der Waals surface area contributed by atoms with Gasteiger partial charge < -0.3 is 14.2 Å². The van der Waals surface area contributed by atoms with E-state index < -0.39 is 0 Å². The van der Waals surface area contributed by atoms with Crippen LogP contribution in [0.3, 0.4) is 0 Å². The van der Waals surface area contributed by atoms with Gasteiger partial charge >= 0.3 is 0 Å². The summed E-state index contributed by atoms with van der Waals surface area (Å²) in [5, 5.41) is 11.4. The van der Waals surface area contributed by atoms with E-state index in [0.29, 0.717) is 24.1 Å². The molecule has 28 heavy (non-hydrogen) atoms. The van der Waals surface area contributed by atoms with Crippen LogP contribution in [0.4, 0.5) is 0 Å². The highest BCUT2D eigenvalue weighted by Gasteiger charge is 2.24. The summed E-state index contributed by atoms with van der Waals surface area (Å²) >= 11 is 0. The smallest absolute Gasteiger partial charge is 0.287 e. The molecule has 1 saturated heterocycles. The number of likely N-dealkylation sites (tertiary alicyclic amines) is 1. The van der Waals surface area contributed by atoms with E-state index in [1.54, 1.807) is 12.3 Å². The average molecular weight is 380 g/mol. The van der Waals surface area contributed by atoms with Crippen molar-refractivity contribution < 1.29 is 13.6 Å². The van der Waals surface area contributed by atoms with Gasteiger partial charge in [0, 0.05) is 30.3 Å². The van der Waals surface area contributed by atoms with Gasteiger partial charge in [-0.2, -0.15) is 0 Å². The van der Waals surface area contributed by atoms with E-state index in [0.717, 1.165) is 37.1 Å². The van der Waals surface area contributed by atoms with Gasteiger partial charge in [-0.15, -0.1) is 10.2 Å². The standard InChI is InChI=1S/C21H24N4O3/c1-14-3-5-16(6-4-14)21-24-23-18(28-21)13-25-10-7-17(8-11-25)22-20(26)19-15(2)9-12-27-19/h3-6,9,12,17H,7-8,10-11,13H2,1-2H3,(H,22,26). The van der Waals surface area contributed by atoms with Gasteiger partial charge in [-0.05, 0) is 44.9 Å². The number of aryl methyl sites for hydroxylation is 2. The highest BCUT2D eigenvalue weighted by Crippen LogP contribution is 2.20. The number of rotatable bonds is 5. The predicted octanol–water partition coefficient (Wildman–Crippen LogP) is 3.34. The molecule has 0 bridgehead atoms. The minimum absolute atomic E-state index is 0.138. The molecule has 0 aliphatic carbocycles. The number of carbonyl (C=O) groups excluding carboxylic acids is 1. The zero-order chi connectivity index (χ0) is 19.5. The van der Waals surface area contributed by atoms with Crippen molar-refractivity contribution in [3.8, 4) is 11.5 Å². The molecule has 1 N–H and O–H groups in total. The number of nitrogens with zero attached hydrogens (tertiary/aromatic N) is 3. The van der Waals surface area contributed by atoms with Gasteiger partial charge in [0.25, 0.3) is 5.91 Å². The van der Waals surface area contributed by atoms with Gasteiger partial charge in [0.15, 0.2) is 5.76 Å². The molecule has 146 valence electrons. The topological polar surface area (TPSA) is 84.4 Å². The highest BCUT2D eigenvalue weighted by atomic mass is 16.4. The summed E-state index contributed by atoms with van der Waals surface area (Å²) < 4.78 is 11.1. The highest BCUT2D eigenvalue weighted by molar-refractivity contribution is 5.92. The van der Waals surface area contributed by atoms with Crippen LogP contribution in [0.1, 0.15) is 40.4 Å². The maximum atomic E-state index is 12.3. The number of nitrogens with one attached hydrogen (secondary N) is 1. The van der Waals surface area contributed by atoms with Gasteiger partial charge in [-0.1, -0.05) is 17.7 Å². The molecule has 1 aromatic carbocycles. The molecule has 1 aliphatic rings. The Bertz CT molecular complexity index is 937. The summed E-state index contributed by atoms with van der Waals surface area (Å²) in [6.07, 6.45) is 3.30. The minimum atomic E-state index is -0.138. The zero-order valence-electron chi connectivity index (χ0n) is 16.1. The van der Waals surface area contributed by atoms with Gasteiger partial charge in [0.1, 0.15) is 0 Å². The molecule has 0 radical (unpaired) electrons. The van der Waals surface area contributed by atoms with Crippen LogP contribution in [0.15, 0.2) is 45.4 Å². The molecule has 0 atom stereocenters. The van der Waals surface area contributed by atoms with E-state index in [4.69, 9.17) is 8.83 Å². The number of benzene rings is 1. The first-order chi connectivity index (χ1) is 13.6. The number of furan rings is 1. The first kappa shape index (κ1) is 18.4. The van der Waals surface area contributed by atoms with E-state index in [2.05, 4.69) is 20.4 Å². The molecule has 0 unspecified atom stereocenters. The summed E-state index contributed by atoms with van der Waals surface area (Å²) in [6.45, 7) is 6.27. The van der Waals surface area contributed by atoms with Crippen LogP contribution in [0.5, 0.6) is 0 Å². The Hall–Kier alpha value is -2.93. The molecule has 0 saturated carbocycles. The molecule has 3 aromatic rings. The van der Waals surface area contributed by atoms with Crippen LogP contribution < -0.4 is 5.32 Å². The molecule has 2 aromatic heterocycles. The fourth-order valence-electron chi connectivity index (χ4n) is 3.41. The normalized spacial score (nSPS) is 15.6. The number of carbonyl (C=O) groups is 1. The van der Waals surface area contributed by atoms with Crippen LogP contribution in [0, 0.1) is 13.8 Å². The SMILES string of the molecule is Cc1ccc(-c2nnc(CN3CCC(NC(=O)c4occc4C)CC3)o2)cc1. The molecule has 1 amide bonds. The summed E-state index contributed by atoms with van der Waals surface area (Å²) in [4.78, 5) is 14.5. The van der Waals surface area contributed by atoms with Crippen LogP contribution in [-0.2, 0) is 6.54 Å². The monoisotopic (exact) mass is 380 g/mol. The molecular weight excluding hydrogens is 356 g/mol. The summed E-state index contributed by atoms with van der Waals surface area (Å²) in [6, 6.07) is 9.99. The molecule has 3 heterocycles. The van der Waals surface area contributed by atoms with Gasteiger partial charge in [-0.3, -0.25) is 9.69 Å². The van der Waals surface area contributed by atoms with E-state index in [-0.39, 0.29) is 11.9 Å². The lowest BCUT2D eigenvalue weighted by Crippen LogP contribution is -2.44. The van der Waals surface area contributed by atoms with Crippen molar-refractivity contribution in [3.63, 3.8) is 0 Å². The average Bonchev–Trinajstić information content (AvgIpc) is 3.33. The van der Waals surface area contributed by atoms with E-state index in [1.807, 2.05) is 38.1 Å². The predicted molar refractivity (Wildman–Crippen MR) is 104 cm³/mol. The van der Waals surface area contributed by atoms with Gasteiger partial charge in [0.2, 0.25) is 11.8 Å². The van der Waals surface area contributed by atoms with E-state index >= 15 is 0 Å². The van der Waals surface area contributed by atoms with Crippen molar-refractivity contribution in [1.29, 1.82) is 0 Å². The Labute approximate surface area is 163 Å². The largest absolute Gasteiger partial charge is 0.459 e.